The lowest BCUT2D eigenvalue weighted by molar-refractivity contribution is 0.555. The highest BCUT2D eigenvalue weighted by Gasteiger charge is 2.07. The number of hydrogen-bond donors (Lipinski definition) is 0. The molecule has 1 heterocycles. The van der Waals surface area contributed by atoms with Gasteiger partial charge >= 0.3 is 0 Å². The van der Waals surface area contributed by atoms with Crippen LogP contribution in [0.1, 0.15) is 5.89 Å². The van der Waals surface area contributed by atoms with E-state index in [0.29, 0.717) is 11.8 Å². The second-order valence-electron chi connectivity index (χ2n) is 2.55. The third-order valence-corrected chi connectivity index (χ3v) is 2.76. The number of thioether (sulfide) groups is 1. The number of rotatable bonds is 2. The van der Waals surface area contributed by atoms with Crippen LogP contribution < -0.4 is 0 Å². The van der Waals surface area contributed by atoms with Crippen molar-refractivity contribution in [3.8, 4) is 0 Å². The first-order valence-corrected chi connectivity index (χ1v) is 5.59. The van der Waals surface area contributed by atoms with Gasteiger partial charge in [0.15, 0.2) is 5.58 Å². The number of fused-ring (bicyclic) bond motifs is 1. The van der Waals surface area contributed by atoms with Crippen LogP contribution in [0, 0.1) is 0 Å². The fourth-order valence-corrected chi connectivity index (χ4v) is 1.86. The minimum absolute atomic E-state index is 0.322. The summed E-state index contributed by atoms with van der Waals surface area (Å²) in [7, 11) is 0. The van der Waals surface area contributed by atoms with Crippen LogP contribution in [0.4, 0.5) is 0 Å². The Morgan fingerprint density at radius 3 is 3.08 bits per heavy atom. The number of halogens is 1. The number of aromatic nitrogens is 1. The van der Waals surface area contributed by atoms with Gasteiger partial charge in [-0.1, -0.05) is 6.07 Å². The fourth-order valence-electron chi connectivity index (χ4n) is 1.19. The molecule has 2 nitrogen and oxygen atoms in total. The van der Waals surface area contributed by atoms with Crippen molar-refractivity contribution >= 4 is 34.5 Å². The van der Waals surface area contributed by atoms with Crippen LogP contribution in [0.5, 0.6) is 0 Å². The second kappa shape index (κ2) is 3.60. The largest absolute Gasteiger partial charge is 0.439 e. The van der Waals surface area contributed by atoms with Crippen LogP contribution in [-0.4, -0.2) is 11.2 Å². The smallest absolute Gasteiger partial charge is 0.210 e. The summed E-state index contributed by atoms with van der Waals surface area (Å²) in [6.45, 7) is 0. The maximum absolute atomic E-state index is 5.63. The Kier molecular flexibility index (Phi) is 2.47. The summed E-state index contributed by atoms with van der Waals surface area (Å²) in [5, 5.41) is 0. The Morgan fingerprint density at radius 2 is 2.38 bits per heavy atom. The summed E-state index contributed by atoms with van der Waals surface area (Å²) in [4.78, 5) is 5.41. The highest BCUT2D eigenvalue weighted by atomic mass is 35.5. The van der Waals surface area contributed by atoms with E-state index in [1.807, 2.05) is 24.5 Å². The Bertz CT molecular complexity index is 426. The van der Waals surface area contributed by atoms with E-state index in [0.717, 1.165) is 16.0 Å². The highest BCUT2D eigenvalue weighted by Crippen LogP contribution is 2.26. The summed E-state index contributed by atoms with van der Waals surface area (Å²) in [6, 6.07) is 5.88. The van der Waals surface area contributed by atoms with Crippen LogP contribution in [0.15, 0.2) is 27.5 Å². The summed E-state index contributed by atoms with van der Waals surface area (Å²) < 4.78 is 5.40. The molecule has 0 saturated heterocycles. The zero-order chi connectivity index (χ0) is 9.26. The quantitative estimate of drug-likeness (QED) is 0.566. The molecule has 13 heavy (non-hydrogen) atoms. The third kappa shape index (κ3) is 1.54. The molecule has 1 aromatic carbocycles. The summed E-state index contributed by atoms with van der Waals surface area (Å²) >= 11 is 7.29. The first-order chi connectivity index (χ1) is 6.35. The van der Waals surface area contributed by atoms with Crippen molar-refractivity contribution in [2.24, 2.45) is 0 Å². The number of nitrogens with zero attached hydrogens (tertiary/aromatic N) is 1. The van der Waals surface area contributed by atoms with Crippen molar-refractivity contribution in [3.63, 3.8) is 0 Å². The number of benzene rings is 1. The van der Waals surface area contributed by atoms with E-state index in [4.69, 9.17) is 16.0 Å². The molecule has 0 fully saturated rings. The van der Waals surface area contributed by atoms with Gasteiger partial charge in [0.05, 0.1) is 5.88 Å². The number of oxazole rings is 1. The molecule has 0 saturated carbocycles. The van der Waals surface area contributed by atoms with Crippen LogP contribution in [0.2, 0.25) is 0 Å². The predicted molar refractivity (Wildman–Crippen MR) is 55.3 cm³/mol. The normalized spacial score (nSPS) is 10.9. The van der Waals surface area contributed by atoms with Crippen molar-refractivity contribution in [2.45, 2.75) is 10.8 Å². The van der Waals surface area contributed by atoms with Crippen molar-refractivity contribution in [1.82, 2.24) is 4.98 Å². The fraction of sp³-hybridized carbons (Fsp3) is 0.222. The van der Waals surface area contributed by atoms with Gasteiger partial charge in [-0.2, -0.15) is 0 Å². The molecular formula is C9H8ClNOS. The van der Waals surface area contributed by atoms with Crippen molar-refractivity contribution < 1.29 is 4.42 Å². The van der Waals surface area contributed by atoms with E-state index in [1.165, 1.54) is 0 Å². The average molecular weight is 214 g/mol. The maximum atomic E-state index is 5.63. The lowest BCUT2D eigenvalue weighted by Gasteiger charge is -1.93. The van der Waals surface area contributed by atoms with E-state index < -0.39 is 0 Å². The molecule has 68 valence electrons. The highest BCUT2D eigenvalue weighted by molar-refractivity contribution is 7.98. The number of alkyl halides is 1. The molecule has 0 spiro atoms. The topological polar surface area (TPSA) is 26.0 Å². The van der Waals surface area contributed by atoms with Gasteiger partial charge < -0.3 is 4.42 Å². The van der Waals surface area contributed by atoms with Gasteiger partial charge in [0.2, 0.25) is 5.89 Å². The molecule has 0 aliphatic rings. The molecule has 2 rings (SSSR count). The zero-order valence-electron chi connectivity index (χ0n) is 7.08. The molecule has 2 aromatic rings. The number of hydrogen-bond acceptors (Lipinski definition) is 3. The van der Waals surface area contributed by atoms with Gasteiger partial charge in [0, 0.05) is 4.90 Å². The minimum Gasteiger partial charge on any atom is -0.439 e. The maximum Gasteiger partial charge on any atom is 0.210 e. The Hall–Kier alpha value is -0.670. The molecule has 0 atom stereocenters. The third-order valence-electron chi connectivity index (χ3n) is 1.76. The molecule has 0 aliphatic heterocycles. The van der Waals surface area contributed by atoms with E-state index in [2.05, 4.69) is 4.98 Å². The molecule has 0 aliphatic carbocycles. The molecule has 0 radical (unpaired) electrons. The summed E-state index contributed by atoms with van der Waals surface area (Å²) in [6.07, 6.45) is 2.02. The summed E-state index contributed by atoms with van der Waals surface area (Å²) in [5.41, 5.74) is 1.72. The van der Waals surface area contributed by atoms with Crippen molar-refractivity contribution in [2.75, 3.05) is 6.26 Å². The molecule has 0 bridgehead atoms. The molecule has 0 N–H and O–H groups in total. The van der Waals surface area contributed by atoms with Crippen LogP contribution >= 0.6 is 23.4 Å². The monoisotopic (exact) mass is 213 g/mol. The average Bonchev–Trinajstić information content (AvgIpc) is 2.59. The van der Waals surface area contributed by atoms with Gasteiger partial charge in [-0.25, -0.2) is 4.98 Å². The van der Waals surface area contributed by atoms with E-state index in [9.17, 15) is 0 Å². The summed E-state index contributed by atoms with van der Waals surface area (Å²) in [5.74, 6) is 0.904. The van der Waals surface area contributed by atoms with Gasteiger partial charge in [0.1, 0.15) is 5.52 Å². The molecule has 4 heteroatoms. The Balaban J connectivity index is 2.67. The van der Waals surface area contributed by atoms with Gasteiger partial charge in [-0.3, -0.25) is 0 Å². The van der Waals surface area contributed by atoms with E-state index >= 15 is 0 Å². The SMILES string of the molecule is CSc1cccc2oc(CCl)nc12. The van der Waals surface area contributed by atoms with Crippen LogP contribution in [0.3, 0.4) is 0 Å². The van der Waals surface area contributed by atoms with Crippen LogP contribution in [0.25, 0.3) is 11.1 Å². The molecule has 0 amide bonds. The van der Waals surface area contributed by atoms with E-state index in [-0.39, 0.29) is 0 Å². The first-order valence-electron chi connectivity index (χ1n) is 3.83. The van der Waals surface area contributed by atoms with E-state index in [1.54, 1.807) is 11.8 Å². The standard InChI is InChI=1S/C9H8ClNOS/c1-13-7-4-2-3-6-9(7)11-8(5-10)12-6/h2-4H,5H2,1H3. The van der Waals surface area contributed by atoms with Gasteiger partial charge in [-0.15, -0.1) is 23.4 Å². The van der Waals surface area contributed by atoms with Gasteiger partial charge in [-0.05, 0) is 18.4 Å². The number of para-hydroxylation sites is 1. The first kappa shape index (κ1) is 8.91. The lowest BCUT2D eigenvalue weighted by Crippen LogP contribution is -1.76. The van der Waals surface area contributed by atoms with Crippen LogP contribution in [-0.2, 0) is 5.88 Å². The molecular weight excluding hydrogens is 206 g/mol. The Labute approximate surface area is 85.3 Å². The zero-order valence-corrected chi connectivity index (χ0v) is 8.65. The van der Waals surface area contributed by atoms with Gasteiger partial charge in [0.25, 0.3) is 0 Å². The predicted octanol–water partition coefficient (Wildman–Crippen LogP) is 3.29. The molecule has 0 unspecified atom stereocenters. The van der Waals surface area contributed by atoms with Crippen molar-refractivity contribution in [3.05, 3.63) is 24.1 Å². The second-order valence-corrected chi connectivity index (χ2v) is 3.66. The Morgan fingerprint density at radius 1 is 1.54 bits per heavy atom. The van der Waals surface area contributed by atoms with Crippen molar-refractivity contribution in [1.29, 1.82) is 0 Å². The lowest BCUT2D eigenvalue weighted by atomic mass is 10.3. The molecule has 1 aromatic heterocycles. The minimum atomic E-state index is 0.322.